The van der Waals surface area contributed by atoms with Crippen LogP contribution < -0.4 is 15.8 Å². The topological polar surface area (TPSA) is 112 Å². The first kappa shape index (κ1) is 25.3. The highest BCUT2D eigenvalue weighted by atomic mass is 16.3. The molecule has 1 aromatic carbocycles. The van der Waals surface area contributed by atoms with Crippen LogP contribution in [0, 0.1) is 5.92 Å². The van der Waals surface area contributed by atoms with E-state index < -0.39 is 0 Å². The molecule has 0 atom stereocenters. The quantitative estimate of drug-likeness (QED) is 0.341. The summed E-state index contributed by atoms with van der Waals surface area (Å²) in [5.41, 5.74) is 1.83. The first-order valence-electron chi connectivity index (χ1n) is 14.6. The number of aromatic nitrogens is 5. The van der Waals surface area contributed by atoms with Gasteiger partial charge in [-0.15, -0.1) is 0 Å². The molecular formula is C30H36N8O2. The molecule has 4 aromatic rings. The van der Waals surface area contributed by atoms with Crippen LogP contribution in [0.3, 0.4) is 0 Å². The van der Waals surface area contributed by atoms with E-state index >= 15 is 0 Å². The van der Waals surface area contributed by atoms with Crippen molar-refractivity contribution in [1.29, 1.82) is 0 Å². The summed E-state index contributed by atoms with van der Waals surface area (Å²) in [6.45, 7) is 5.34. The van der Waals surface area contributed by atoms with E-state index in [0.717, 1.165) is 79.7 Å². The molecule has 2 saturated carbocycles. The summed E-state index contributed by atoms with van der Waals surface area (Å²) in [6.07, 6.45) is 10.4. The molecule has 0 spiro atoms. The number of fused-ring (bicyclic) bond motifs is 3. The van der Waals surface area contributed by atoms with Crippen molar-refractivity contribution in [1.82, 2.24) is 29.4 Å². The highest BCUT2D eigenvalue weighted by Crippen LogP contribution is 2.33. The normalized spacial score (nSPS) is 22.2. The Morgan fingerprint density at radius 2 is 1.75 bits per heavy atom. The number of aliphatic hydroxyl groups excluding tert-OH is 1. The maximum Gasteiger partial charge on any atom is 0.260 e. The number of rotatable bonds is 7. The summed E-state index contributed by atoms with van der Waals surface area (Å²) >= 11 is 0. The molecule has 0 unspecified atom stereocenters. The monoisotopic (exact) mass is 540 g/mol. The van der Waals surface area contributed by atoms with E-state index in [1.54, 1.807) is 12.5 Å². The van der Waals surface area contributed by atoms with Crippen molar-refractivity contribution in [3.63, 3.8) is 0 Å². The Kier molecular flexibility index (Phi) is 6.81. The Labute approximate surface area is 233 Å². The van der Waals surface area contributed by atoms with Crippen molar-refractivity contribution >= 4 is 33.6 Å². The molecule has 3 aromatic heterocycles. The van der Waals surface area contributed by atoms with E-state index in [1.165, 1.54) is 12.8 Å². The second-order valence-electron chi connectivity index (χ2n) is 11.6. The van der Waals surface area contributed by atoms with Gasteiger partial charge >= 0.3 is 0 Å². The SMILES string of the molecule is O=c1c2cc(CN3CCN(c4ccncn4)CC3)ccc2c2cnc(NCC3CC3)nc2n1[C@H]1CC[C@H](O)CC1. The van der Waals surface area contributed by atoms with Crippen molar-refractivity contribution in [2.24, 2.45) is 5.92 Å². The van der Waals surface area contributed by atoms with Crippen LogP contribution in [0.5, 0.6) is 0 Å². The Morgan fingerprint density at radius 3 is 2.50 bits per heavy atom. The number of benzene rings is 1. The van der Waals surface area contributed by atoms with Gasteiger partial charge in [0, 0.05) is 68.5 Å². The highest BCUT2D eigenvalue weighted by Gasteiger charge is 2.26. The number of hydrogen-bond acceptors (Lipinski definition) is 9. The van der Waals surface area contributed by atoms with Gasteiger partial charge in [0.25, 0.3) is 5.56 Å². The zero-order valence-electron chi connectivity index (χ0n) is 22.7. The molecule has 208 valence electrons. The molecule has 3 aliphatic rings. The molecule has 4 heterocycles. The zero-order chi connectivity index (χ0) is 27.1. The molecule has 3 fully saturated rings. The molecule has 10 nitrogen and oxygen atoms in total. The molecule has 1 aliphatic heterocycles. The van der Waals surface area contributed by atoms with Crippen molar-refractivity contribution in [3.05, 3.63) is 58.9 Å². The smallest absolute Gasteiger partial charge is 0.260 e. The first-order valence-corrected chi connectivity index (χ1v) is 14.6. The predicted molar refractivity (Wildman–Crippen MR) is 156 cm³/mol. The van der Waals surface area contributed by atoms with Crippen LogP contribution in [0.1, 0.15) is 50.1 Å². The average Bonchev–Trinajstić information content (AvgIpc) is 3.83. The van der Waals surface area contributed by atoms with Gasteiger partial charge in [0.2, 0.25) is 5.95 Å². The average molecular weight is 541 g/mol. The lowest BCUT2D eigenvalue weighted by molar-refractivity contribution is 0.111. The van der Waals surface area contributed by atoms with E-state index in [-0.39, 0.29) is 17.7 Å². The lowest BCUT2D eigenvalue weighted by atomic mass is 9.92. The number of pyridine rings is 1. The Bertz CT molecular complexity index is 1560. The van der Waals surface area contributed by atoms with Gasteiger partial charge in [-0.1, -0.05) is 12.1 Å². The number of nitrogens with one attached hydrogen (secondary N) is 1. The molecule has 2 N–H and O–H groups in total. The fourth-order valence-corrected chi connectivity index (χ4v) is 6.24. The lowest BCUT2D eigenvalue weighted by Crippen LogP contribution is -2.46. The van der Waals surface area contributed by atoms with E-state index in [1.807, 2.05) is 16.8 Å². The Balaban J connectivity index is 1.19. The van der Waals surface area contributed by atoms with Crippen LogP contribution in [0.25, 0.3) is 21.8 Å². The maximum absolute atomic E-state index is 14.1. The van der Waals surface area contributed by atoms with Crippen molar-refractivity contribution in [2.75, 3.05) is 42.9 Å². The van der Waals surface area contributed by atoms with E-state index in [4.69, 9.17) is 4.98 Å². The number of piperazine rings is 1. The highest BCUT2D eigenvalue weighted by molar-refractivity contribution is 6.04. The van der Waals surface area contributed by atoms with Gasteiger partial charge in [-0.2, -0.15) is 4.98 Å². The van der Waals surface area contributed by atoms with Gasteiger partial charge < -0.3 is 15.3 Å². The van der Waals surface area contributed by atoms with Gasteiger partial charge in [0.15, 0.2) is 0 Å². The van der Waals surface area contributed by atoms with Gasteiger partial charge in [0.05, 0.1) is 6.10 Å². The Morgan fingerprint density at radius 1 is 0.925 bits per heavy atom. The third-order valence-electron chi connectivity index (χ3n) is 8.77. The van der Waals surface area contributed by atoms with Gasteiger partial charge in [-0.05, 0) is 67.5 Å². The van der Waals surface area contributed by atoms with Gasteiger partial charge in [0.1, 0.15) is 17.8 Å². The van der Waals surface area contributed by atoms with E-state index in [2.05, 4.69) is 48.3 Å². The number of hydrogen-bond donors (Lipinski definition) is 2. The molecule has 2 aliphatic carbocycles. The van der Waals surface area contributed by atoms with Crippen LogP contribution in [-0.2, 0) is 6.54 Å². The summed E-state index contributed by atoms with van der Waals surface area (Å²) in [5.74, 6) is 2.25. The molecule has 0 amide bonds. The minimum absolute atomic E-state index is 0.00571. The van der Waals surface area contributed by atoms with Crippen molar-refractivity contribution in [3.8, 4) is 0 Å². The summed E-state index contributed by atoms with van der Waals surface area (Å²) in [7, 11) is 0. The van der Waals surface area contributed by atoms with Crippen LogP contribution in [0.15, 0.2) is 47.8 Å². The largest absolute Gasteiger partial charge is 0.393 e. The fourth-order valence-electron chi connectivity index (χ4n) is 6.24. The third kappa shape index (κ3) is 5.13. The predicted octanol–water partition coefficient (Wildman–Crippen LogP) is 3.35. The summed E-state index contributed by atoms with van der Waals surface area (Å²) < 4.78 is 1.90. The molecule has 0 radical (unpaired) electrons. The second-order valence-corrected chi connectivity index (χ2v) is 11.6. The number of nitrogens with zero attached hydrogens (tertiary/aromatic N) is 7. The minimum Gasteiger partial charge on any atom is -0.393 e. The van der Waals surface area contributed by atoms with Gasteiger partial charge in [-0.25, -0.2) is 15.0 Å². The van der Waals surface area contributed by atoms with Crippen molar-refractivity contribution in [2.45, 2.75) is 57.2 Å². The maximum atomic E-state index is 14.1. The van der Waals surface area contributed by atoms with E-state index in [9.17, 15) is 9.90 Å². The van der Waals surface area contributed by atoms with Crippen LogP contribution in [0.2, 0.25) is 0 Å². The second kappa shape index (κ2) is 10.7. The number of aliphatic hydroxyl groups is 1. The van der Waals surface area contributed by atoms with Crippen LogP contribution in [-0.4, -0.2) is 73.3 Å². The molecule has 10 heteroatoms. The Hall–Kier alpha value is -3.63. The van der Waals surface area contributed by atoms with Crippen molar-refractivity contribution < 1.29 is 5.11 Å². The van der Waals surface area contributed by atoms with Crippen LogP contribution >= 0.6 is 0 Å². The molecule has 1 saturated heterocycles. The standard InChI is InChI=1S/C30H36N8O2/c39-23-6-4-22(5-7-23)38-28-26(17-33-30(35-28)32-16-20-1-2-20)24-8-3-21(15-25(24)29(38)40)18-36-11-13-37(14-12-36)27-9-10-31-19-34-27/h3,8-10,15,17,19-20,22-23,39H,1-2,4-7,11-14,16,18H2,(H,32,33,35)/t22-,23-. The zero-order valence-corrected chi connectivity index (χ0v) is 22.7. The summed E-state index contributed by atoms with van der Waals surface area (Å²) in [6, 6.07) is 8.26. The summed E-state index contributed by atoms with van der Waals surface area (Å²) in [5, 5.41) is 16.0. The third-order valence-corrected chi connectivity index (χ3v) is 8.77. The molecule has 7 rings (SSSR count). The first-order chi connectivity index (χ1) is 19.6. The van der Waals surface area contributed by atoms with Crippen LogP contribution in [0.4, 0.5) is 11.8 Å². The molecule has 40 heavy (non-hydrogen) atoms. The lowest BCUT2D eigenvalue weighted by Gasteiger charge is -2.35. The van der Waals surface area contributed by atoms with E-state index in [0.29, 0.717) is 30.4 Å². The molecular weight excluding hydrogens is 504 g/mol. The fraction of sp³-hybridized carbons (Fsp3) is 0.500. The summed E-state index contributed by atoms with van der Waals surface area (Å²) in [4.78, 5) is 36.8. The minimum atomic E-state index is -0.287. The molecule has 0 bridgehead atoms. The number of anilines is 2. The van der Waals surface area contributed by atoms with Gasteiger partial charge in [-0.3, -0.25) is 14.3 Å².